The van der Waals surface area contributed by atoms with Gasteiger partial charge in [-0.1, -0.05) is 23.2 Å². The second-order valence-corrected chi connectivity index (χ2v) is 11.3. The number of carbonyl (C=O) groups excluding carboxylic acids is 1. The Morgan fingerprint density at radius 1 is 0.857 bits per heavy atom. The van der Waals surface area contributed by atoms with Crippen molar-refractivity contribution in [1.82, 2.24) is 5.32 Å². The minimum absolute atomic E-state index is 0.0607. The zero-order valence-electron chi connectivity index (χ0n) is 18.5. The highest BCUT2D eigenvalue weighted by Crippen LogP contribution is 2.28. The molecule has 9 nitrogen and oxygen atoms in total. The van der Waals surface area contributed by atoms with E-state index in [0.717, 1.165) is 0 Å². The van der Waals surface area contributed by atoms with Crippen LogP contribution in [0.1, 0.15) is 17.3 Å². The van der Waals surface area contributed by atoms with E-state index in [2.05, 4.69) is 14.8 Å². The first-order valence-electron chi connectivity index (χ1n) is 10.0. The van der Waals surface area contributed by atoms with Crippen molar-refractivity contribution in [1.29, 1.82) is 0 Å². The first-order chi connectivity index (χ1) is 16.5. The van der Waals surface area contributed by atoms with E-state index < -0.39 is 26.0 Å². The van der Waals surface area contributed by atoms with Crippen LogP contribution in [0.15, 0.2) is 70.5 Å². The number of hydrogen-bond donors (Lipinski definition) is 3. The van der Waals surface area contributed by atoms with Crippen LogP contribution >= 0.6 is 23.2 Å². The Hall–Kier alpha value is -2.99. The van der Waals surface area contributed by atoms with E-state index in [1.54, 1.807) is 6.92 Å². The van der Waals surface area contributed by atoms with Gasteiger partial charge in [0.25, 0.3) is 26.0 Å². The number of hydrogen-bond acceptors (Lipinski definition) is 6. The second kappa shape index (κ2) is 10.7. The van der Waals surface area contributed by atoms with Crippen molar-refractivity contribution in [3.63, 3.8) is 0 Å². The predicted molar refractivity (Wildman–Crippen MR) is 136 cm³/mol. The van der Waals surface area contributed by atoms with E-state index in [0.29, 0.717) is 11.6 Å². The minimum Gasteiger partial charge on any atom is -0.496 e. The third-order valence-corrected chi connectivity index (χ3v) is 7.96. The second-order valence-electron chi connectivity index (χ2n) is 7.08. The Bertz CT molecular complexity index is 1460. The number of benzene rings is 3. The standard InChI is InChI=1S/C22H21Cl2N3O6S2/c1-3-25-22(28)18-13-17(9-11-21(18)33-2)35(31,32)26-15-5-7-16(8-6-15)34(29,30)27-20-10-4-14(23)12-19(20)24/h4-13,26-27H,3H2,1-2H3,(H,25,28). The van der Waals surface area contributed by atoms with Crippen LogP contribution < -0.4 is 19.5 Å². The number of amides is 1. The lowest BCUT2D eigenvalue weighted by molar-refractivity contribution is 0.0952. The van der Waals surface area contributed by atoms with E-state index in [1.807, 2.05) is 0 Å². The molecule has 186 valence electrons. The summed E-state index contributed by atoms with van der Waals surface area (Å²) in [5.74, 6) is -0.262. The molecule has 0 saturated heterocycles. The minimum atomic E-state index is -4.10. The lowest BCUT2D eigenvalue weighted by Crippen LogP contribution is -2.24. The van der Waals surface area contributed by atoms with Gasteiger partial charge in [0.05, 0.1) is 33.2 Å². The van der Waals surface area contributed by atoms with Gasteiger partial charge in [0.2, 0.25) is 0 Å². The molecule has 0 unspecified atom stereocenters. The third kappa shape index (κ3) is 6.37. The zero-order chi connectivity index (χ0) is 25.8. The molecule has 0 fully saturated rings. The van der Waals surface area contributed by atoms with E-state index in [9.17, 15) is 21.6 Å². The topological polar surface area (TPSA) is 131 Å². The van der Waals surface area contributed by atoms with Crippen LogP contribution in [0.4, 0.5) is 11.4 Å². The SMILES string of the molecule is CCNC(=O)c1cc(S(=O)(=O)Nc2ccc(S(=O)(=O)Nc3ccc(Cl)cc3Cl)cc2)ccc1OC. The molecule has 0 bridgehead atoms. The molecule has 0 atom stereocenters. The zero-order valence-corrected chi connectivity index (χ0v) is 21.6. The molecule has 0 aliphatic carbocycles. The molecule has 13 heteroatoms. The molecule has 3 aromatic carbocycles. The van der Waals surface area contributed by atoms with Gasteiger partial charge in [-0.05, 0) is 67.6 Å². The van der Waals surface area contributed by atoms with Gasteiger partial charge in [-0.3, -0.25) is 14.2 Å². The van der Waals surface area contributed by atoms with Gasteiger partial charge >= 0.3 is 0 Å². The Kier molecular flexibility index (Phi) is 8.16. The number of anilines is 2. The fourth-order valence-electron chi connectivity index (χ4n) is 2.98. The molecular formula is C22H21Cl2N3O6S2. The fraction of sp³-hybridized carbons (Fsp3) is 0.136. The smallest absolute Gasteiger partial charge is 0.261 e. The number of methoxy groups -OCH3 is 1. The average molecular weight is 558 g/mol. The van der Waals surface area contributed by atoms with Crippen molar-refractivity contribution in [3.05, 3.63) is 76.3 Å². The summed E-state index contributed by atoms with van der Waals surface area (Å²) < 4.78 is 61.0. The lowest BCUT2D eigenvalue weighted by atomic mass is 10.2. The van der Waals surface area contributed by atoms with E-state index >= 15 is 0 Å². The first-order valence-corrected chi connectivity index (χ1v) is 13.8. The van der Waals surface area contributed by atoms with Crippen molar-refractivity contribution in [2.75, 3.05) is 23.1 Å². The summed E-state index contributed by atoms with van der Waals surface area (Å²) in [6.07, 6.45) is 0. The van der Waals surface area contributed by atoms with Crippen molar-refractivity contribution in [2.24, 2.45) is 0 Å². The van der Waals surface area contributed by atoms with Crippen LogP contribution in [0.2, 0.25) is 10.0 Å². The van der Waals surface area contributed by atoms with E-state index in [-0.39, 0.29) is 37.5 Å². The van der Waals surface area contributed by atoms with E-state index in [1.165, 1.54) is 67.8 Å². The Balaban J connectivity index is 1.82. The maximum atomic E-state index is 12.9. The molecule has 0 radical (unpaired) electrons. The monoisotopic (exact) mass is 557 g/mol. The van der Waals surface area contributed by atoms with Crippen LogP contribution in [-0.4, -0.2) is 36.4 Å². The van der Waals surface area contributed by atoms with Crippen molar-refractivity contribution in [3.8, 4) is 5.75 Å². The summed E-state index contributed by atoms with van der Waals surface area (Å²) in [4.78, 5) is 12.0. The van der Waals surface area contributed by atoms with Gasteiger partial charge in [-0.25, -0.2) is 16.8 Å². The quantitative estimate of drug-likeness (QED) is 0.358. The maximum Gasteiger partial charge on any atom is 0.261 e. The molecule has 3 aromatic rings. The predicted octanol–water partition coefficient (Wildman–Crippen LogP) is 4.35. The van der Waals surface area contributed by atoms with Gasteiger partial charge in [0, 0.05) is 17.3 Å². The summed E-state index contributed by atoms with van der Waals surface area (Å²) in [5, 5.41) is 3.07. The highest BCUT2D eigenvalue weighted by molar-refractivity contribution is 7.93. The molecule has 0 aromatic heterocycles. The molecule has 3 rings (SSSR count). The van der Waals surface area contributed by atoms with Crippen molar-refractivity contribution >= 4 is 60.5 Å². The first kappa shape index (κ1) is 26.6. The highest BCUT2D eigenvalue weighted by Gasteiger charge is 2.21. The van der Waals surface area contributed by atoms with Crippen molar-refractivity contribution < 1.29 is 26.4 Å². The van der Waals surface area contributed by atoms with Gasteiger partial charge in [0.1, 0.15) is 5.75 Å². The number of carbonyl (C=O) groups is 1. The highest BCUT2D eigenvalue weighted by atomic mass is 35.5. The molecule has 0 spiro atoms. The number of nitrogens with one attached hydrogen (secondary N) is 3. The summed E-state index contributed by atoms with van der Waals surface area (Å²) in [5.41, 5.74) is 0.317. The molecule has 1 amide bonds. The summed E-state index contributed by atoms with van der Waals surface area (Å²) in [6, 6.07) is 13.2. The molecule has 0 saturated carbocycles. The largest absolute Gasteiger partial charge is 0.496 e. The summed E-state index contributed by atoms with van der Waals surface area (Å²) in [7, 11) is -6.73. The van der Waals surface area contributed by atoms with Gasteiger partial charge in [0.15, 0.2) is 0 Å². The number of rotatable bonds is 9. The van der Waals surface area contributed by atoms with Gasteiger partial charge < -0.3 is 10.1 Å². The Morgan fingerprint density at radius 3 is 2.09 bits per heavy atom. The van der Waals surface area contributed by atoms with Crippen LogP contribution in [-0.2, 0) is 20.0 Å². The number of sulfonamides is 2. The number of ether oxygens (including phenoxy) is 1. The lowest BCUT2D eigenvalue weighted by Gasteiger charge is -2.13. The third-order valence-electron chi connectivity index (χ3n) is 4.66. The van der Waals surface area contributed by atoms with Crippen LogP contribution in [0.25, 0.3) is 0 Å². The number of halogens is 2. The average Bonchev–Trinajstić information content (AvgIpc) is 2.80. The molecule has 0 heterocycles. The fourth-order valence-corrected chi connectivity index (χ4v) is 5.66. The molecule has 0 aliphatic rings. The molecule has 3 N–H and O–H groups in total. The normalized spacial score (nSPS) is 11.5. The van der Waals surface area contributed by atoms with Crippen LogP contribution in [0.5, 0.6) is 5.75 Å². The Labute approximate surface area is 213 Å². The van der Waals surface area contributed by atoms with Crippen LogP contribution in [0.3, 0.4) is 0 Å². The molecular weight excluding hydrogens is 537 g/mol. The summed E-state index contributed by atoms with van der Waals surface area (Å²) in [6.45, 7) is 2.08. The molecule has 0 aliphatic heterocycles. The maximum absolute atomic E-state index is 12.9. The Morgan fingerprint density at radius 2 is 1.49 bits per heavy atom. The summed E-state index contributed by atoms with van der Waals surface area (Å²) >= 11 is 11.9. The van der Waals surface area contributed by atoms with Crippen LogP contribution in [0, 0.1) is 0 Å². The van der Waals surface area contributed by atoms with Gasteiger partial charge in [-0.2, -0.15) is 0 Å². The molecule has 35 heavy (non-hydrogen) atoms. The van der Waals surface area contributed by atoms with Gasteiger partial charge in [-0.15, -0.1) is 0 Å². The van der Waals surface area contributed by atoms with Crippen molar-refractivity contribution in [2.45, 2.75) is 16.7 Å². The van der Waals surface area contributed by atoms with E-state index in [4.69, 9.17) is 27.9 Å².